The standard InChI is InChI=1S/C22H18BrFN2O2/c23-19-14-16(24)10-11-17(19)22(28)26-20-9-5-4-8-18(20)21(27)25-13-12-15-6-2-1-3-7-15/h1-11,14H,12-13H2,(H,25,27)(H,26,28). The van der Waals surface area contributed by atoms with Gasteiger partial charge < -0.3 is 10.6 Å². The number of nitrogens with one attached hydrogen (secondary N) is 2. The van der Waals surface area contributed by atoms with Crippen LogP contribution in [-0.4, -0.2) is 18.4 Å². The van der Waals surface area contributed by atoms with Crippen LogP contribution in [0.25, 0.3) is 0 Å². The molecule has 0 saturated heterocycles. The molecule has 142 valence electrons. The summed E-state index contributed by atoms with van der Waals surface area (Å²) in [6.45, 7) is 0.481. The zero-order chi connectivity index (χ0) is 19.9. The maximum Gasteiger partial charge on any atom is 0.256 e. The van der Waals surface area contributed by atoms with Crippen molar-refractivity contribution in [2.45, 2.75) is 6.42 Å². The van der Waals surface area contributed by atoms with Crippen molar-refractivity contribution < 1.29 is 14.0 Å². The van der Waals surface area contributed by atoms with Gasteiger partial charge in [-0.05, 0) is 58.2 Å². The van der Waals surface area contributed by atoms with E-state index < -0.39 is 11.7 Å². The average Bonchev–Trinajstić information content (AvgIpc) is 2.69. The summed E-state index contributed by atoms with van der Waals surface area (Å²) in [5.41, 5.74) is 2.16. The van der Waals surface area contributed by atoms with E-state index in [9.17, 15) is 14.0 Å². The number of rotatable bonds is 6. The van der Waals surface area contributed by atoms with E-state index in [-0.39, 0.29) is 11.5 Å². The minimum absolute atomic E-state index is 0.273. The summed E-state index contributed by atoms with van der Waals surface area (Å²) < 4.78 is 13.6. The van der Waals surface area contributed by atoms with Gasteiger partial charge in [-0.25, -0.2) is 4.39 Å². The van der Waals surface area contributed by atoms with E-state index in [1.807, 2.05) is 30.3 Å². The van der Waals surface area contributed by atoms with Crippen LogP contribution >= 0.6 is 15.9 Å². The van der Waals surface area contributed by atoms with Crippen LogP contribution in [-0.2, 0) is 6.42 Å². The van der Waals surface area contributed by atoms with Crippen LogP contribution in [0.5, 0.6) is 0 Å². The zero-order valence-corrected chi connectivity index (χ0v) is 16.5. The van der Waals surface area contributed by atoms with Gasteiger partial charge in [-0.1, -0.05) is 42.5 Å². The Bertz CT molecular complexity index is 993. The fourth-order valence-electron chi connectivity index (χ4n) is 2.71. The first-order valence-electron chi connectivity index (χ1n) is 8.72. The van der Waals surface area contributed by atoms with Crippen molar-refractivity contribution in [3.63, 3.8) is 0 Å². The molecule has 0 spiro atoms. The Labute approximate surface area is 170 Å². The third-order valence-electron chi connectivity index (χ3n) is 4.14. The molecule has 2 amide bonds. The van der Waals surface area contributed by atoms with Crippen molar-refractivity contribution in [2.24, 2.45) is 0 Å². The van der Waals surface area contributed by atoms with Crippen molar-refractivity contribution in [3.8, 4) is 0 Å². The van der Waals surface area contributed by atoms with Crippen LogP contribution in [0.15, 0.2) is 77.3 Å². The van der Waals surface area contributed by atoms with Gasteiger partial charge in [-0.2, -0.15) is 0 Å². The number of benzene rings is 3. The molecule has 0 heterocycles. The van der Waals surface area contributed by atoms with E-state index in [0.717, 1.165) is 5.56 Å². The lowest BCUT2D eigenvalue weighted by Gasteiger charge is -2.12. The number of hydrogen-bond acceptors (Lipinski definition) is 2. The highest BCUT2D eigenvalue weighted by molar-refractivity contribution is 9.10. The number of carbonyl (C=O) groups is 2. The van der Waals surface area contributed by atoms with Crippen molar-refractivity contribution in [1.29, 1.82) is 0 Å². The number of hydrogen-bond donors (Lipinski definition) is 2. The molecule has 0 aliphatic heterocycles. The summed E-state index contributed by atoms with van der Waals surface area (Å²) in [6, 6.07) is 20.4. The maximum absolute atomic E-state index is 13.2. The monoisotopic (exact) mass is 440 g/mol. The van der Waals surface area contributed by atoms with E-state index in [2.05, 4.69) is 26.6 Å². The molecule has 0 aromatic heterocycles. The first kappa shape index (κ1) is 19.8. The van der Waals surface area contributed by atoms with Crippen LogP contribution in [0.1, 0.15) is 26.3 Å². The second-order valence-corrected chi connectivity index (χ2v) is 6.97. The molecule has 0 aliphatic carbocycles. The first-order valence-corrected chi connectivity index (χ1v) is 9.51. The van der Waals surface area contributed by atoms with Gasteiger partial charge >= 0.3 is 0 Å². The van der Waals surface area contributed by atoms with Gasteiger partial charge in [0.2, 0.25) is 0 Å². The molecule has 28 heavy (non-hydrogen) atoms. The average molecular weight is 441 g/mol. The van der Waals surface area contributed by atoms with Crippen molar-refractivity contribution in [3.05, 3.63) is 99.8 Å². The summed E-state index contributed by atoms with van der Waals surface area (Å²) in [4.78, 5) is 25.1. The lowest BCUT2D eigenvalue weighted by molar-refractivity contribution is 0.0955. The highest BCUT2D eigenvalue weighted by Crippen LogP contribution is 2.21. The smallest absolute Gasteiger partial charge is 0.256 e. The SMILES string of the molecule is O=C(Nc1ccccc1C(=O)NCCc1ccccc1)c1ccc(F)cc1Br. The summed E-state index contributed by atoms with van der Waals surface area (Å²) in [5, 5.41) is 5.59. The Kier molecular flexibility index (Phi) is 6.55. The van der Waals surface area contributed by atoms with E-state index in [0.29, 0.717) is 28.7 Å². The van der Waals surface area contributed by atoms with E-state index in [1.54, 1.807) is 24.3 Å². The fourth-order valence-corrected chi connectivity index (χ4v) is 3.24. The predicted octanol–water partition coefficient (Wildman–Crippen LogP) is 4.81. The van der Waals surface area contributed by atoms with E-state index in [1.165, 1.54) is 18.2 Å². The minimum atomic E-state index is -0.443. The molecule has 0 aliphatic rings. The summed E-state index contributed by atoms with van der Waals surface area (Å²) >= 11 is 3.18. The molecular weight excluding hydrogens is 423 g/mol. The Balaban J connectivity index is 1.68. The molecule has 6 heteroatoms. The lowest BCUT2D eigenvalue weighted by atomic mass is 10.1. The molecule has 3 aromatic carbocycles. The molecule has 0 bridgehead atoms. The topological polar surface area (TPSA) is 58.2 Å². The highest BCUT2D eigenvalue weighted by atomic mass is 79.9. The number of carbonyl (C=O) groups excluding carboxylic acids is 2. The molecule has 0 saturated carbocycles. The molecule has 0 fully saturated rings. The van der Waals surface area contributed by atoms with Crippen LogP contribution < -0.4 is 10.6 Å². The van der Waals surface area contributed by atoms with Crippen molar-refractivity contribution in [2.75, 3.05) is 11.9 Å². The Morgan fingerprint density at radius 2 is 1.57 bits per heavy atom. The molecule has 3 rings (SSSR count). The number of halogens is 2. The number of para-hydroxylation sites is 1. The Hall–Kier alpha value is -2.99. The molecule has 2 N–H and O–H groups in total. The molecule has 4 nitrogen and oxygen atoms in total. The number of amides is 2. The molecule has 0 unspecified atom stereocenters. The van der Waals surface area contributed by atoms with Gasteiger partial charge in [-0.15, -0.1) is 0 Å². The van der Waals surface area contributed by atoms with E-state index >= 15 is 0 Å². The molecule has 0 atom stereocenters. The summed E-state index contributed by atoms with van der Waals surface area (Å²) in [7, 11) is 0. The first-order chi connectivity index (χ1) is 13.5. The molecule has 3 aromatic rings. The molecule has 0 radical (unpaired) electrons. The van der Waals surface area contributed by atoms with Gasteiger partial charge in [0.1, 0.15) is 5.82 Å². The third kappa shape index (κ3) is 5.04. The Morgan fingerprint density at radius 3 is 2.32 bits per heavy atom. The van der Waals surface area contributed by atoms with Crippen LogP contribution in [0, 0.1) is 5.82 Å². The van der Waals surface area contributed by atoms with Gasteiger partial charge in [-0.3, -0.25) is 9.59 Å². The van der Waals surface area contributed by atoms with Crippen molar-refractivity contribution >= 4 is 33.4 Å². The van der Waals surface area contributed by atoms with Gasteiger partial charge in [0.05, 0.1) is 16.8 Å². The minimum Gasteiger partial charge on any atom is -0.352 e. The van der Waals surface area contributed by atoms with Crippen LogP contribution in [0.4, 0.5) is 10.1 Å². The van der Waals surface area contributed by atoms with Crippen LogP contribution in [0.2, 0.25) is 0 Å². The van der Waals surface area contributed by atoms with Gasteiger partial charge in [0.25, 0.3) is 11.8 Å². The third-order valence-corrected chi connectivity index (χ3v) is 4.79. The quantitative estimate of drug-likeness (QED) is 0.577. The highest BCUT2D eigenvalue weighted by Gasteiger charge is 2.16. The second kappa shape index (κ2) is 9.28. The van der Waals surface area contributed by atoms with Crippen molar-refractivity contribution in [1.82, 2.24) is 5.32 Å². The predicted molar refractivity (Wildman–Crippen MR) is 111 cm³/mol. The lowest BCUT2D eigenvalue weighted by Crippen LogP contribution is -2.27. The Morgan fingerprint density at radius 1 is 0.857 bits per heavy atom. The zero-order valence-electron chi connectivity index (χ0n) is 14.9. The van der Waals surface area contributed by atoms with Gasteiger partial charge in [0.15, 0.2) is 0 Å². The second-order valence-electron chi connectivity index (χ2n) is 6.12. The maximum atomic E-state index is 13.2. The normalized spacial score (nSPS) is 10.4. The van der Waals surface area contributed by atoms with Gasteiger partial charge in [0, 0.05) is 11.0 Å². The summed E-state index contributed by atoms with van der Waals surface area (Å²) in [5.74, 6) is -1.15. The molecular formula is C22H18BrFN2O2. The van der Waals surface area contributed by atoms with Crippen LogP contribution in [0.3, 0.4) is 0 Å². The fraction of sp³-hybridized carbons (Fsp3) is 0.0909. The van der Waals surface area contributed by atoms with E-state index in [4.69, 9.17) is 0 Å². The number of anilines is 1. The largest absolute Gasteiger partial charge is 0.352 e. The summed E-state index contributed by atoms with van der Waals surface area (Å²) in [6.07, 6.45) is 0.712.